The Morgan fingerprint density at radius 1 is 0.429 bits per heavy atom. The molecule has 0 aromatic heterocycles. The predicted molar refractivity (Wildman–Crippen MR) is 238 cm³/mol. The maximum Gasteiger partial charge on any atom is 0.0714 e. The number of hydrogen-bond acceptors (Lipinski definition) is 1. The first-order chi connectivity index (χ1) is 27.6. The van der Waals surface area contributed by atoms with Crippen molar-refractivity contribution in [2.24, 2.45) is 0 Å². The zero-order valence-electron chi connectivity index (χ0n) is 31.7. The molecular weight excluding hydrogens is 675 g/mol. The molecular formula is C55H41N. The van der Waals surface area contributed by atoms with Gasteiger partial charge in [0.25, 0.3) is 0 Å². The first kappa shape index (κ1) is 33.6. The minimum absolute atomic E-state index is 0.486. The Hall–Kier alpha value is -6.96. The fourth-order valence-corrected chi connectivity index (χ4v) is 9.05. The van der Waals surface area contributed by atoms with E-state index >= 15 is 0 Å². The molecule has 1 nitrogen and oxygen atoms in total. The van der Waals surface area contributed by atoms with E-state index in [0.717, 1.165) is 17.1 Å². The van der Waals surface area contributed by atoms with Crippen LogP contribution in [0, 0.1) is 0 Å². The van der Waals surface area contributed by atoms with Crippen LogP contribution >= 0.6 is 0 Å². The summed E-state index contributed by atoms with van der Waals surface area (Å²) in [6, 6.07) is 76.3. The summed E-state index contributed by atoms with van der Waals surface area (Å²) in [5.41, 5.74) is 15.5. The van der Waals surface area contributed by atoms with Gasteiger partial charge in [0.1, 0.15) is 0 Å². The molecule has 10 rings (SSSR count). The van der Waals surface area contributed by atoms with Gasteiger partial charge in [-0.05, 0) is 127 Å². The zero-order chi connectivity index (χ0) is 37.6. The van der Waals surface area contributed by atoms with Gasteiger partial charge in [-0.25, -0.2) is 0 Å². The van der Waals surface area contributed by atoms with Gasteiger partial charge in [0.05, 0.1) is 5.41 Å². The van der Waals surface area contributed by atoms with Gasteiger partial charge < -0.3 is 4.90 Å². The van der Waals surface area contributed by atoms with Crippen molar-refractivity contribution in [3.8, 4) is 22.3 Å². The molecule has 0 saturated heterocycles. The lowest BCUT2D eigenvalue weighted by Gasteiger charge is -2.35. The lowest BCUT2D eigenvalue weighted by atomic mass is 9.67. The summed E-state index contributed by atoms with van der Waals surface area (Å²) in [5, 5.41) is 5.01. The van der Waals surface area contributed by atoms with Crippen LogP contribution in [0.4, 0.5) is 17.1 Å². The van der Waals surface area contributed by atoms with Crippen LogP contribution in [0.3, 0.4) is 0 Å². The standard InChI is InChI=1S/C55H41N/c1-3-38(2)39-22-24-40(25-23-39)41-28-30-46(31-29-41)56(47-32-34-50-43(36-47)27-26-42-14-10-11-19-49(42)50)48-33-35-52-51-20-12-13-21-53(51)55(54(52)37-48,44-15-6-4-7-16-44)45-17-8-5-9-18-45/h3-37H,1-2H3/b38-3+. The third kappa shape index (κ3) is 5.39. The summed E-state index contributed by atoms with van der Waals surface area (Å²) in [5.74, 6) is 0. The highest BCUT2D eigenvalue weighted by atomic mass is 15.1. The molecule has 9 aromatic rings. The molecule has 0 amide bonds. The smallest absolute Gasteiger partial charge is 0.0714 e. The van der Waals surface area contributed by atoms with Crippen molar-refractivity contribution < 1.29 is 0 Å². The highest BCUT2D eigenvalue weighted by Gasteiger charge is 2.46. The van der Waals surface area contributed by atoms with Crippen molar-refractivity contribution >= 4 is 44.2 Å². The maximum atomic E-state index is 2.45. The van der Waals surface area contributed by atoms with Gasteiger partial charge in [0, 0.05) is 17.1 Å². The van der Waals surface area contributed by atoms with Crippen molar-refractivity contribution in [3.63, 3.8) is 0 Å². The molecule has 0 radical (unpaired) electrons. The minimum Gasteiger partial charge on any atom is -0.310 e. The van der Waals surface area contributed by atoms with Crippen molar-refractivity contribution in [2.45, 2.75) is 19.3 Å². The number of anilines is 3. The highest BCUT2D eigenvalue weighted by Crippen LogP contribution is 2.57. The summed E-state index contributed by atoms with van der Waals surface area (Å²) in [6.45, 7) is 4.25. The predicted octanol–water partition coefficient (Wildman–Crippen LogP) is 14.9. The summed E-state index contributed by atoms with van der Waals surface area (Å²) in [4.78, 5) is 2.43. The Morgan fingerprint density at radius 2 is 0.964 bits per heavy atom. The van der Waals surface area contributed by atoms with Crippen molar-refractivity contribution in [2.75, 3.05) is 4.90 Å². The third-order valence-electron chi connectivity index (χ3n) is 11.9. The van der Waals surface area contributed by atoms with Crippen LogP contribution in [0.2, 0.25) is 0 Å². The van der Waals surface area contributed by atoms with E-state index in [1.165, 1.54) is 77.2 Å². The number of rotatable bonds is 7. The second-order valence-electron chi connectivity index (χ2n) is 14.9. The second-order valence-corrected chi connectivity index (χ2v) is 14.9. The van der Waals surface area contributed by atoms with Gasteiger partial charge in [0.2, 0.25) is 0 Å². The van der Waals surface area contributed by atoms with Crippen molar-refractivity contribution in [1.29, 1.82) is 0 Å². The summed E-state index contributed by atoms with van der Waals surface area (Å²) in [7, 11) is 0. The SMILES string of the molecule is C/C=C(\C)c1ccc(-c2ccc(N(c3ccc4c(c3)C(c3ccccc3)(c3ccccc3)c3ccccc3-4)c3ccc4c(ccc5ccccc54)c3)cc2)cc1. The van der Waals surface area contributed by atoms with E-state index in [1.54, 1.807) is 0 Å². The summed E-state index contributed by atoms with van der Waals surface area (Å²) in [6.07, 6.45) is 2.16. The molecule has 1 aliphatic carbocycles. The lowest BCUT2D eigenvalue weighted by Crippen LogP contribution is -2.28. The van der Waals surface area contributed by atoms with E-state index in [9.17, 15) is 0 Å². The molecule has 0 spiro atoms. The molecule has 1 aliphatic rings. The average Bonchev–Trinajstić information content (AvgIpc) is 3.57. The van der Waals surface area contributed by atoms with Crippen LogP contribution in [-0.4, -0.2) is 0 Å². The van der Waals surface area contributed by atoms with E-state index in [4.69, 9.17) is 0 Å². The minimum atomic E-state index is -0.486. The van der Waals surface area contributed by atoms with E-state index in [-0.39, 0.29) is 0 Å². The van der Waals surface area contributed by atoms with Gasteiger partial charge in [-0.15, -0.1) is 0 Å². The Morgan fingerprint density at radius 3 is 1.68 bits per heavy atom. The second kappa shape index (κ2) is 13.7. The molecule has 0 heterocycles. The number of fused-ring (bicyclic) bond motifs is 6. The van der Waals surface area contributed by atoms with Gasteiger partial charge >= 0.3 is 0 Å². The zero-order valence-corrected chi connectivity index (χ0v) is 31.7. The molecule has 56 heavy (non-hydrogen) atoms. The molecule has 0 saturated carbocycles. The van der Waals surface area contributed by atoms with Crippen LogP contribution in [0.1, 0.15) is 41.7 Å². The van der Waals surface area contributed by atoms with Gasteiger partial charge in [-0.2, -0.15) is 0 Å². The summed E-state index contributed by atoms with van der Waals surface area (Å²) < 4.78 is 0. The normalized spacial score (nSPS) is 13.1. The van der Waals surface area contributed by atoms with Gasteiger partial charge in [-0.3, -0.25) is 0 Å². The van der Waals surface area contributed by atoms with E-state index in [2.05, 4.69) is 231 Å². The topological polar surface area (TPSA) is 3.24 Å². The van der Waals surface area contributed by atoms with Crippen molar-refractivity contribution in [3.05, 3.63) is 240 Å². The maximum absolute atomic E-state index is 2.45. The Labute approximate surface area is 329 Å². The molecule has 0 unspecified atom stereocenters. The number of nitrogens with zero attached hydrogens (tertiary/aromatic N) is 1. The Kier molecular flexibility index (Phi) is 8.23. The molecule has 0 aliphatic heterocycles. The van der Waals surface area contributed by atoms with Crippen LogP contribution in [-0.2, 0) is 5.41 Å². The van der Waals surface area contributed by atoms with Gasteiger partial charge in [0.15, 0.2) is 0 Å². The molecule has 0 atom stereocenters. The van der Waals surface area contributed by atoms with E-state index in [0.29, 0.717) is 0 Å². The molecule has 266 valence electrons. The van der Waals surface area contributed by atoms with Crippen LogP contribution in [0.25, 0.3) is 49.4 Å². The number of benzene rings is 9. The van der Waals surface area contributed by atoms with Gasteiger partial charge in [-0.1, -0.05) is 176 Å². The molecule has 0 bridgehead atoms. The first-order valence-electron chi connectivity index (χ1n) is 19.5. The van der Waals surface area contributed by atoms with E-state index in [1.807, 2.05) is 0 Å². The monoisotopic (exact) mass is 715 g/mol. The highest BCUT2D eigenvalue weighted by molar-refractivity contribution is 6.08. The lowest BCUT2D eigenvalue weighted by molar-refractivity contribution is 0.768. The van der Waals surface area contributed by atoms with Crippen LogP contribution in [0.5, 0.6) is 0 Å². The third-order valence-corrected chi connectivity index (χ3v) is 11.9. The molecule has 1 heteroatoms. The fraction of sp³-hybridized carbons (Fsp3) is 0.0545. The Bertz CT molecular complexity index is 2860. The summed E-state index contributed by atoms with van der Waals surface area (Å²) >= 11 is 0. The quantitative estimate of drug-likeness (QED) is 0.149. The van der Waals surface area contributed by atoms with Crippen LogP contribution < -0.4 is 4.90 Å². The number of hydrogen-bond donors (Lipinski definition) is 0. The van der Waals surface area contributed by atoms with E-state index < -0.39 is 5.41 Å². The fourth-order valence-electron chi connectivity index (χ4n) is 9.05. The largest absolute Gasteiger partial charge is 0.310 e. The Balaban J connectivity index is 1.18. The van der Waals surface area contributed by atoms with Crippen LogP contribution in [0.15, 0.2) is 212 Å². The van der Waals surface area contributed by atoms with Crippen molar-refractivity contribution in [1.82, 2.24) is 0 Å². The average molecular weight is 716 g/mol. The molecule has 0 N–H and O–H groups in total. The number of allylic oxidation sites excluding steroid dienone is 2. The molecule has 0 fully saturated rings. The molecule has 9 aromatic carbocycles. The first-order valence-corrected chi connectivity index (χ1v) is 19.5.